The number of cyclic esters (lactones) is 1. The number of rotatable bonds is 4. The lowest BCUT2D eigenvalue weighted by Gasteiger charge is -2.23. The number of esters is 1. The Morgan fingerprint density at radius 1 is 1.40 bits per heavy atom. The van der Waals surface area contributed by atoms with Crippen molar-refractivity contribution in [2.75, 3.05) is 0 Å². The molecule has 132 valence electrons. The Balaban J connectivity index is 1.64. The van der Waals surface area contributed by atoms with E-state index in [1.54, 1.807) is 10.7 Å². The molecule has 8 nitrogen and oxygen atoms in total. The minimum atomic E-state index is -3.78. The van der Waals surface area contributed by atoms with Crippen LogP contribution in [0.1, 0.15) is 53.4 Å². The fraction of sp³-hybridized carbons (Fsp3) is 0.438. The van der Waals surface area contributed by atoms with Crippen LogP contribution in [-0.2, 0) is 34.3 Å². The monoisotopic (exact) mass is 362 g/mol. The van der Waals surface area contributed by atoms with Crippen molar-refractivity contribution in [2.24, 2.45) is 0 Å². The van der Waals surface area contributed by atoms with Crippen molar-refractivity contribution in [3.63, 3.8) is 0 Å². The molecule has 0 bridgehead atoms. The molecule has 1 atom stereocenters. The minimum Gasteiger partial charge on any atom is -0.457 e. The Morgan fingerprint density at radius 2 is 2.24 bits per heavy atom. The third-order valence-corrected chi connectivity index (χ3v) is 5.97. The number of carbonyl (C=O) groups is 1. The van der Waals surface area contributed by atoms with Crippen molar-refractivity contribution in [1.29, 1.82) is 0 Å². The SMILES string of the molecule is CCc1nc2n(n1)CCC[C@H]2NS(=O)(=O)c1ccc2c(c1)C(=O)OC2. The van der Waals surface area contributed by atoms with Gasteiger partial charge in [-0.05, 0) is 25.0 Å². The lowest BCUT2D eigenvalue weighted by molar-refractivity contribution is 0.0535. The van der Waals surface area contributed by atoms with Gasteiger partial charge < -0.3 is 4.74 Å². The number of nitrogens with zero attached hydrogens (tertiary/aromatic N) is 3. The zero-order valence-electron chi connectivity index (χ0n) is 13.7. The molecule has 0 saturated heterocycles. The average molecular weight is 362 g/mol. The first kappa shape index (κ1) is 16.2. The van der Waals surface area contributed by atoms with Gasteiger partial charge in [-0.15, -0.1) is 0 Å². The van der Waals surface area contributed by atoms with Crippen LogP contribution in [0, 0.1) is 0 Å². The van der Waals surface area contributed by atoms with Crippen molar-refractivity contribution in [3.8, 4) is 0 Å². The van der Waals surface area contributed by atoms with Gasteiger partial charge in [0.1, 0.15) is 12.4 Å². The summed E-state index contributed by atoms with van der Waals surface area (Å²) in [7, 11) is -3.78. The van der Waals surface area contributed by atoms with E-state index in [2.05, 4.69) is 14.8 Å². The standard InChI is InChI=1S/C16H18N4O4S/c1-2-14-17-15-13(4-3-7-20(15)18-14)19-25(22,23)11-6-5-10-9-24-16(21)12(10)8-11/h5-6,8,13,19H,2-4,7,9H2,1H3/t13-/m1/s1. The highest BCUT2D eigenvalue weighted by atomic mass is 32.2. The summed E-state index contributed by atoms with van der Waals surface area (Å²) in [5, 5.41) is 4.39. The summed E-state index contributed by atoms with van der Waals surface area (Å²) < 4.78 is 35.0. The van der Waals surface area contributed by atoms with Crippen LogP contribution >= 0.6 is 0 Å². The second-order valence-corrected chi connectivity index (χ2v) is 7.89. The second-order valence-electron chi connectivity index (χ2n) is 6.17. The maximum absolute atomic E-state index is 12.8. The first-order valence-electron chi connectivity index (χ1n) is 8.24. The minimum absolute atomic E-state index is 0.0532. The third kappa shape index (κ3) is 2.83. The molecule has 0 amide bonds. The van der Waals surface area contributed by atoms with Crippen LogP contribution in [0.4, 0.5) is 0 Å². The smallest absolute Gasteiger partial charge is 0.338 e. The topological polar surface area (TPSA) is 103 Å². The quantitative estimate of drug-likeness (QED) is 0.823. The molecule has 0 fully saturated rings. The van der Waals surface area contributed by atoms with Crippen LogP contribution < -0.4 is 4.72 Å². The zero-order chi connectivity index (χ0) is 17.6. The van der Waals surface area contributed by atoms with Crippen LogP contribution in [0.5, 0.6) is 0 Å². The van der Waals surface area contributed by atoms with Gasteiger partial charge in [-0.3, -0.25) is 0 Å². The van der Waals surface area contributed by atoms with E-state index >= 15 is 0 Å². The van der Waals surface area contributed by atoms with Crippen LogP contribution in [0.15, 0.2) is 23.1 Å². The first-order chi connectivity index (χ1) is 12.0. The summed E-state index contributed by atoms with van der Waals surface area (Å²) in [6, 6.07) is 4.06. The van der Waals surface area contributed by atoms with Crippen LogP contribution in [0.2, 0.25) is 0 Å². The van der Waals surface area contributed by atoms with E-state index in [0.717, 1.165) is 13.0 Å². The Morgan fingerprint density at radius 3 is 3.04 bits per heavy atom. The van der Waals surface area contributed by atoms with Gasteiger partial charge in [0, 0.05) is 18.5 Å². The summed E-state index contributed by atoms with van der Waals surface area (Å²) in [6.45, 7) is 2.89. The van der Waals surface area contributed by atoms with E-state index < -0.39 is 22.0 Å². The molecule has 1 aromatic carbocycles. The molecule has 2 aromatic rings. The Hall–Kier alpha value is -2.26. The van der Waals surface area contributed by atoms with E-state index in [4.69, 9.17) is 4.74 Å². The molecule has 1 N–H and O–H groups in total. The van der Waals surface area contributed by atoms with Crippen LogP contribution in [-0.4, -0.2) is 29.2 Å². The molecule has 4 rings (SSSR count). The predicted octanol–water partition coefficient (Wildman–Crippen LogP) is 1.32. The number of ether oxygens (including phenoxy) is 1. The zero-order valence-corrected chi connectivity index (χ0v) is 14.5. The summed E-state index contributed by atoms with van der Waals surface area (Å²) in [5.41, 5.74) is 1.01. The van der Waals surface area contributed by atoms with Crippen molar-refractivity contribution in [3.05, 3.63) is 41.0 Å². The molecule has 0 spiro atoms. The number of hydrogen-bond acceptors (Lipinski definition) is 6. The van der Waals surface area contributed by atoms with E-state index in [0.29, 0.717) is 35.6 Å². The normalized spacial score (nSPS) is 19.4. The van der Waals surface area contributed by atoms with Crippen LogP contribution in [0.25, 0.3) is 0 Å². The number of aryl methyl sites for hydroxylation is 2. The molecular formula is C16H18N4O4S. The molecule has 25 heavy (non-hydrogen) atoms. The molecule has 0 unspecified atom stereocenters. The number of aromatic nitrogens is 3. The van der Waals surface area contributed by atoms with E-state index in [-0.39, 0.29) is 11.5 Å². The number of fused-ring (bicyclic) bond motifs is 2. The largest absolute Gasteiger partial charge is 0.457 e. The van der Waals surface area contributed by atoms with Gasteiger partial charge in [-0.25, -0.2) is 27.6 Å². The molecule has 0 radical (unpaired) electrons. The maximum atomic E-state index is 12.8. The molecule has 1 aromatic heterocycles. The van der Waals surface area contributed by atoms with Crippen LogP contribution in [0.3, 0.4) is 0 Å². The van der Waals surface area contributed by atoms with Gasteiger partial charge in [0.05, 0.1) is 16.5 Å². The Bertz CT molecular complexity index is 951. The Labute approximate surface area is 145 Å². The fourth-order valence-electron chi connectivity index (χ4n) is 3.18. The van der Waals surface area contributed by atoms with Gasteiger partial charge in [-0.1, -0.05) is 13.0 Å². The second kappa shape index (κ2) is 5.92. The number of carbonyl (C=O) groups excluding carboxylic acids is 1. The highest BCUT2D eigenvalue weighted by Gasteiger charge is 2.30. The summed E-state index contributed by atoms with van der Waals surface area (Å²) >= 11 is 0. The first-order valence-corrected chi connectivity index (χ1v) is 9.72. The van der Waals surface area contributed by atoms with Crippen molar-refractivity contribution >= 4 is 16.0 Å². The van der Waals surface area contributed by atoms with Crippen molar-refractivity contribution in [1.82, 2.24) is 19.5 Å². The average Bonchev–Trinajstić information content (AvgIpc) is 3.19. The molecule has 0 aliphatic carbocycles. The van der Waals surface area contributed by atoms with Gasteiger partial charge in [0.25, 0.3) is 0 Å². The Kier molecular flexibility index (Phi) is 3.84. The highest BCUT2D eigenvalue weighted by molar-refractivity contribution is 7.89. The van der Waals surface area contributed by atoms with E-state index in [9.17, 15) is 13.2 Å². The lowest BCUT2D eigenvalue weighted by Crippen LogP contribution is -2.33. The maximum Gasteiger partial charge on any atom is 0.338 e. The van der Waals surface area contributed by atoms with Crippen molar-refractivity contribution < 1.29 is 17.9 Å². The molecule has 3 heterocycles. The van der Waals surface area contributed by atoms with E-state index in [1.807, 2.05) is 6.92 Å². The molecule has 2 aliphatic heterocycles. The molecular weight excluding hydrogens is 344 g/mol. The van der Waals surface area contributed by atoms with Gasteiger partial charge in [-0.2, -0.15) is 5.10 Å². The van der Waals surface area contributed by atoms with Gasteiger partial charge >= 0.3 is 5.97 Å². The number of sulfonamides is 1. The van der Waals surface area contributed by atoms with Gasteiger partial charge in [0.15, 0.2) is 5.82 Å². The van der Waals surface area contributed by atoms with E-state index in [1.165, 1.54) is 12.1 Å². The molecule has 0 saturated carbocycles. The summed E-state index contributed by atoms with van der Waals surface area (Å²) in [4.78, 5) is 16.2. The molecule has 2 aliphatic rings. The molecule has 9 heteroatoms. The fourth-order valence-corrected chi connectivity index (χ4v) is 4.43. The number of benzene rings is 1. The summed E-state index contributed by atoms with van der Waals surface area (Å²) in [6.07, 6.45) is 2.18. The van der Waals surface area contributed by atoms with Crippen molar-refractivity contribution in [2.45, 2.75) is 50.3 Å². The summed E-state index contributed by atoms with van der Waals surface area (Å²) in [5.74, 6) is 0.866. The van der Waals surface area contributed by atoms with Gasteiger partial charge in [0.2, 0.25) is 10.0 Å². The number of hydrogen-bond donors (Lipinski definition) is 1. The number of nitrogens with one attached hydrogen (secondary N) is 1. The predicted molar refractivity (Wildman–Crippen MR) is 87.3 cm³/mol. The third-order valence-electron chi connectivity index (χ3n) is 4.50. The highest BCUT2D eigenvalue weighted by Crippen LogP contribution is 2.27. The lowest BCUT2D eigenvalue weighted by atomic mass is 10.1.